The summed E-state index contributed by atoms with van der Waals surface area (Å²) in [5.74, 6) is -1.62. The zero-order valence-electron chi connectivity index (χ0n) is 16.4. The molecule has 0 bridgehead atoms. The molecule has 0 aliphatic heterocycles. The fourth-order valence-corrected chi connectivity index (χ4v) is 3.77. The molecule has 7 heteroatoms. The lowest BCUT2D eigenvalue weighted by molar-refractivity contribution is -0.137. The van der Waals surface area contributed by atoms with Gasteiger partial charge in [0.2, 0.25) is 0 Å². The minimum atomic E-state index is -3.32. The van der Waals surface area contributed by atoms with Gasteiger partial charge in [0.1, 0.15) is 0 Å². The summed E-state index contributed by atoms with van der Waals surface area (Å²) in [4.78, 5) is 24.8. The van der Waals surface area contributed by atoms with Gasteiger partial charge in [0.25, 0.3) is 5.78 Å². The summed E-state index contributed by atoms with van der Waals surface area (Å²) in [6, 6.07) is 17.5. The number of carbonyl (C=O) groups excluding carboxylic acids is 2. The van der Waals surface area contributed by atoms with Gasteiger partial charge in [-0.1, -0.05) is 30.3 Å². The lowest BCUT2D eigenvalue weighted by Gasteiger charge is -2.12. The van der Waals surface area contributed by atoms with Crippen LogP contribution in [0.15, 0.2) is 65.6 Å². The number of hydrogen-bond acceptors (Lipinski definition) is 5. The van der Waals surface area contributed by atoms with E-state index in [9.17, 15) is 18.0 Å². The number of aromatic nitrogens is 1. The predicted octanol–water partition coefficient (Wildman–Crippen LogP) is 3.60. The van der Waals surface area contributed by atoms with Crippen molar-refractivity contribution in [3.8, 4) is 16.9 Å². The van der Waals surface area contributed by atoms with E-state index in [0.717, 1.165) is 11.9 Å². The molecular formula is C22H21NO5S. The van der Waals surface area contributed by atoms with Crippen molar-refractivity contribution in [1.29, 1.82) is 0 Å². The molecule has 2 aromatic carbocycles. The SMILES string of the molecule is CCOC(=O)C(=O)c1cc(-c2ccc(S(C)(=O)=O)cc2)n(-c2ccccc2)c1C. The number of esters is 1. The van der Waals surface area contributed by atoms with Gasteiger partial charge >= 0.3 is 5.97 Å². The van der Waals surface area contributed by atoms with Gasteiger partial charge in [-0.2, -0.15) is 0 Å². The third-order valence-corrected chi connectivity index (χ3v) is 5.67. The molecule has 0 atom stereocenters. The van der Waals surface area contributed by atoms with Crippen molar-refractivity contribution >= 4 is 21.6 Å². The molecule has 0 aliphatic rings. The number of para-hydroxylation sites is 1. The van der Waals surface area contributed by atoms with Crippen LogP contribution in [-0.2, 0) is 19.4 Å². The normalized spacial score (nSPS) is 11.3. The first kappa shape index (κ1) is 20.5. The van der Waals surface area contributed by atoms with Crippen LogP contribution >= 0.6 is 0 Å². The maximum Gasteiger partial charge on any atom is 0.379 e. The fourth-order valence-electron chi connectivity index (χ4n) is 3.14. The smallest absolute Gasteiger partial charge is 0.379 e. The third kappa shape index (κ3) is 4.14. The first-order valence-corrected chi connectivity index (χ1v) is 10.9. The topological polar surface area (TPSA) is 82.4 Å². The van der Waals surface area contributed by atoms with Crippen molar-refractivity contribution in [2.75, 3.05) is 12.9 Å². The molecular weight excluding hydrogens is 390 g/mol. The number of carbonyl (C=O) groups is 2. The van der Waals surface area contributed by atoms with E-state index >= 15 is 0 Å². The zero-order chi connectivity index (χ0) is 21.2. The second-order valence-corrected chi connectivity index (χ2v) is 8.56. The van der Waals surface area contributed by atoms with Gasteiger partial charge in [0, 0.05) is 17.6 Å². The Labute approximate surface area is 169 Å². The van der Waals surface area contributed by atoms with Gasteiger partial charge in [-0.25, -0.2) is 13.2 Å². The summed E-state index contributed by atoms with van der Waals surface area (Å²) in [7, 11) is -3.32. The number of ketones is 1. The van der Waals surface area contributed by atoms with Crippen LogP contribution in [0.3, 0.4) is 0 Å². The highest BCUT2D eigenvalue weighted by Crippen LogP contribution is 2.30. The van der Waals surface area contributed by atoms with Crippen LogP contribution in [0.4, 0.5) is 0 Å². The molecule has 0 saturated carbocycles. The van der Waals surface area contributed by atoms with E-state index in [2.05, 4.69) is 0 Å². The number of nitrogens with zero attached hydrogens (tertiary/aromatic N) is 1. The first-order chi connectivity index (χ1) is 13.7. The fraction of sp³-hybridized carbons (Fsp3) is 0.182. The molecule has 3 aromatic rings. The Kier molecular flexibility index (Phi) is 5.70. The molecule has 0 N–H and O–H groups in total. The van der Waals surface area contributed by atoms with Gasteiger partial charge in [0.05, 0.1) is 22.8 Å². The largest absolute Gasteiger partial charge is 0.460 e. The number of ether oxygens (including phenoxy) is 1. The third-order valence-electron chi connectivity index (χ3n) is 4.55. The van der Waals surface area contributed by atoms with Crippen LogP contribution < -0.4 is 0 Å². The van der Waals surface area contributed by atoms with Gasteiger partial charge in [-0.3, -0.25) is 4.79 Å². The summed E-state index contributed by atoms with van der Waals surface area (Å²) in [6.45, 7) is 3.51. The molecule has 1 heterocycles. The van der Waals surface area contributed by atoms with Crippen molar-refractivity contribution in [3.05, 3.63) is 71.9 Å². The lowest BCUT2D eigenvalue weighted by atomic mass is 10.1. The number of rotatable bonds is 6. The van der Waals surface area contributed by atoms with Crippen LogP contribution in [0.1, 0.15) is 23.0 Å². The van der Waals surface area contributed by atoms with E-state index < -0.39 is 21.6 Å². The Morgan fingerprint density at radius 1 is 1.00 bits per heavy atom. The van der Waals surface area contributed by atoms with Gasteiger partial charge in [-0.05, 0) is 49.7 Å². The standard InChI is InChI=1S/C22H21NO5S/c1-4-28-22(25)21(24)19-14-20(16-10-12-18(13-11-16)29(3,26)27)23(15(19)2)17-8-6-5-7-9-17/h5-14H,4H2,1-3H3. The predicted molar refractivity (Wildman–Crippen MR) is 110 cm³/mol. The van der Waals surface area contributed by atoms with Crippen molar-refractivity contribution in [2.45, 2.75) is 18.7 Å². The van der Waals surface area contributed by atoms with Crippen LogP contribution in [0.25, 0.3) is 16.9 Å². The number of Topliss-reactive ketones (excluding diaryl/α,β-unsaturated/α-hetero) is 1. The molecule has 29 heavy (non-hydrogen) atoms. The summed E-state index contributed by atoms with van der Waals surface area (Å²) < 4.78 is 30.2. The van der Waals surface area contributed by atoms with Crippen molar-refractivity contribution in [3.63, 3.8) is 0 Å². The van der Waals surface area contributed by atoms with Crippen LogP contribution in [0.2, 0.25) is 0 Å². The molecule has 3 rings (SSSR count). The molecule has 0 spiro atoms. The molecule has 6 nitrogen and oxygen atoms in total. The summed E-state index contributed by atoms with van der Waals surface area (Å²) in [6.07, 6.45) is 1.15. The monoisotopic (exact) mass is 411 g/mol. The van der Waals surface area contributed by atoms with Crippen molar-refractivity contribution < 1.29 is 22.7 Å². The number of hydrogen-bond donors (Lipinski definition) is 0. The molecule has 150 valence electrons. The Morgan fingerprint density at radius 3 is 2.17 bits per heavy atom. The minimum absolute atomic E-state index is 0.114. The highest BCUT2D eigenvalue weighted by Gasteiger charge is 2.25. The van der Waals surface area contributed by atoms with Crippen molar-refractivity contribution in [2.24, 2.45) is 0 Å². The molecule has 0 saturated heterocycles. The summed E-state index contributed by atoms with van der Waals surface area (Å²) >= 11 is 0. The highest BCUT2D eigenvalue weighted by molar-refractivity contribution is 7.90. The van der Waals surface area contributed by atoms with E-state index in [1.807, 2.05) is 34.9 Å². The maximum atomic E-state index is 12.6. The maximum absolute atomic E-state index is 12.6. The highest BCUT2D eigenvalue weighted by atomic mass is 32.2. The Bertz CT molecular complexity index is 1160. The molecule has 0 aliphatic carbocycles. The molecule has 1 aromatic heterocycles. The summed E-state index contributed by atoms with van der Waals surface area (Å²) in [5.41, 5.74) is 3.04. The lowest BCUT2D eigenvalue weighted by Crippen LogP contribution is -2.18. The minimum Gasteiger partial charge on any atom is -0.460 e. The first-order valence-electron chi connectivity index (χ1n) is 9.03. The average molecular weight is 411 g/mol. The van der Waals surface area contributed by atoms with Gasteiger partial charge < -0.3 is 9.30 Å². The Morgan fingerprint density at radius 2 is 1.62 bits per heavy atom. The van der Waals surface area contributed by atoms with Crippen LogP contribution in [-0.4, -0.2) is 37.6 Å². The van der Waals surface area contributed by atoms with Crippen LogP contribution in [0.5, 0.6) is 0 Å². The Balaban J connectivity index is 2.19. The molecule has 0 radical (unpaired) electrons. The van der Waals surface area contributed by atoms with Gasteiger partial charge in [0.15, 0.2) is 9.84 Å². The molecule has 0 fully saturated rings. The van der Waals surface area contributed by atoms with Gasteiger partial charge in [-0.15, -0.1) is 0 Å². The van der Waals surface area contributed by atoms with E-state index in [-0.39, 0.29) is 17.1 Å². The van der Waals surface area contributed by atoms with Crippen LogP contribution in [0, 0.1) is 6.92 Å². The van der Waals surface area contributed by atoms with E-state index in [4.69, 9.17) is 4.74 Å². The quantitative estimate of drug-likeness (QED) is 0.352. The number of benzene rings is 2. The van der Waals surface area contributed by atoms with E-state index in [1.165, 1.54) is 12.1 Å². The molecule has 0 amide bonds. The van der Waals surface area contributed by atoms with Crippen molar-refractivity contribution in [1.82, 2.24) is 4.57 Å². The van der Waals surface area contributed by atoms with E-state index in [1.54, 1.807) is 32.0 Å². The summed E-state index contributed by atoms with van der Waals surface area (Å²) in [5, 5.41) is 0. The second kappa shape index (κ2) is 8.05. The Hall–Kier alpha value is -3.19. The zero-order valence-corrected chi connectivity index (χ0v) is 17.2. The van der Waals surface area contributed by atoms with E-state index in [0.29, 0.717) is 17.0 Å². The number of sulfone groups is 1. The second-order valence-electron chi connectivity index (χ2n) is 6.55. The molecule has 0 unspecified atom stereocenters. The average Bonchev–Trinajstić information content (AvgIpc) is 3.04.